The molecule has 3 N–H and O–H groups in total. The predicted molar refractivity (Wildman–Crippen MR) is 218 cm³/mol. The van der Waals surface area contributed by atoms with E-state index in [4.69, 9.17) is 15.6 Å². The number of fused-ring (bicyclic) bond motifs is 2. The molecule has 300 valence electrons. The van der Waals surface area contributed by atoms with E-state index in [0.717, 1.165) is 96.5 Å². The number of benzene rings is 3. The van der Waals surface area contributed by atoms with Crippen LogP contribution >= 0.6 is 0 Å². The van der Waals surface area contributed by atoms with Gasteiger partial charge in [-0.25, -0.2) is 14.6 Å². The number of anilines is 2. The molecule has 4 amide bonds. The third kappa shape index (κ3) is 6.05. The number of likely N-dealkylation sites (tertiary alicyclic amines) is 2. The lowest BCUT2D eigenvalue weighted by Gasteiger charge is -2.58. The number of imide groups is 2. The van der Waals surface area contributed by atoms with Crippen LogP contribution in [0, 0.1) is 5.41 Å². The van der Waals surface area contributed by atoms with Crippen LogP contribution in [-0.2, 0) is 9.59 Å². The van der Waals surface area contributed by atoms with Gasteiger partial charge >= 0.3 is 0 Å². The van der Waals surface area contributed by atoms with E-state index in [2.05, 4.69) is 34.7 Å². The fourth-order valence-corrected chi connectivity index (χ4v) is 10.2. The number of nitrogens with zero attached hydrogens (tertiary/aromatic N) is 8. The zero-order chi connectivity index (χ0) is 40.0. The molecule has 15 heteroatoms. The molecule has 7 heterocycles. The van der Waals surface area contributed by atoms with Crippen molar-refractivity contribution in [1.29, 1.82) is 0 Å². The maximum Gasteiger partial charge on any atom is 0.262 e. The van der Waals surface area contributed by atoms with Crippen molar-refractivity contribution >= 4 is 46.2 Å². The SMILES string of the molecule is Nc1ncnc2c1c(-c1ccc(Oc3ccccc3)cc1)nn2C1CC2(CCN(C3CN(C4CN(c5ccc6c(c5)C(=O)N(C5CCC(=O)NC5=O)C6=O)C4)C3)CC2)C1. The smallest absolute Gasteiger partial charge is 0.262 e. The Morgan fingerprint density at radius 2 is 1.47 bits per heavy atom. The molecule has 5 fully saturated rings. The number of aromatic nitrogens is 4. The van der Waals surface area contributed by atoms with Crippen LogP contribution in [0.15, 0.2) is 79.1 Å². The number of hydrogen-bond donors (Lipinski definition) is 2. The highest BCUT2D eigenvalue weighted by atomic mass is 16.5. The summed E-state index contributed by atoms with van der Waals surface area (Å²) in [5, 5.41) is 8.18. The standard InChI is InChI=1S/C44H44N10O5/c45-39-37-38(26-6-9-32(10-7-26)59-31-4-2-1-3-5-31)49-54(40(37)47-25-46-39)28-19-44(20-28)14-16-50(17-15-44)29-21-52(22-29)30-23-51(24-30)27-8-11-33-34(18-27)43(58)53(42(33)57)35-12-13-36(55)48-41(35)56/h1-11,18,25,28-30,35H,12-17,19-24H2,(H2,45,46,47)(H,48,55,56). The molecule has 1 atom stereocenters. The van der Waals surface area contributed by atoms with Crippen molar-refractivity contribution in [2.75, 3.05) is 49.9 Å². The quantitative estimate of drug-likeness (QED) is 0.214. The molecule has 1 aliphatic carbocycles. The van der Waals surface area contributed by atoms with Crippen LogP contribution in [0.25, 0.3) is 22.3 Å². The van der Waals surface area contributed by atoms with E-state index in [1.807, 2.05) is 60.7 Å². The normalized spacial score (nSPS) is 22.7. The first-order chi connectivity index (χ1) is 28.7. The lowest BCUT2D eigenvalue weighted by molar-refractivity contribution is -0.136. The molecule has 1 saturated carbocycles. The van der Waals surface area contributed by atoms with Crippen molar-refractivity contribution in [2.24, 2.45) is 5.41 Å². The number of piperidine rings is 2. The van der Waals surface area contributed by atoms with Crippen molar-refractivity contribution in [1.82, 2.24) is 39.8 Å². The molecule has 2 aromatic heterocycles. The van der Waals surface area contributed by atoms with Crippen LogP contribution in [0.4, 0.5) is 11.5 Å². The van der Waals surface area contributed by atoms with Gasteiger partial charge in [-0.3, -0.25) is 39.2 Å². The summed E-state index contributed by atoms with van der Waals surface area (Å²) in [5.74, 6) is 0.0403. The van der Waals surface area contributed by atoms with Gasteiger partial charge in [-0.1, -0.05) is 18.2 Å². The van der Waals surface area contributed by atoms with Crippen LogP contribution in [0.1, 0.15) is 65.3 Å². The number of rotatable bonds is 8. The summed E-state index contributed by atoms with van der Waals surface area (Å²) in [4.78, 5) is 68.0. The highest BCUT2D eigenvalue weighted by Crippen LogP contribution is 2.56. The topological polar surface area (TPSA) is 172 Å². The fraction of sp³-hybridized carbons (Fsp3) is 0.386. The third-order valence-corrected chi connectivity index (χ3v) is 13.7. The molecule has 0 radical (unpaired) electrons. The number of nitrogens with two attached hydrogens (primary N) is 1. The van der Waals surface area contributed by atoms with Gasteiger partial charge in [-0.2, -0.15) is 5.10 Å². The average Bonchev–Trinajstić information content (AvgIpc) is 3.70. The highest BCUT2D eigenvalue weighted by Gasteiger charge is 2.50. The highest BCUT2D eigenvalue weighted by molar-refractivity contribution is 6.23. The molecule has 4 saturated heterocycles. The number of amides is 4. The minimum Gasteiger partial charge on any atom is -0.457 e. The molecular formula is C44H44N10O5. The molecule has 11 rings (SSSR count). The largest absolute Gasteiger partial charge is 0.457 e. The number of ether oxygens (including phenoxy) is 1. The molecule has 59 heavy (non-hydrogen) atoms. The van der Waals surface area contributed by atoms with Gasteiger partial charge in [-0.05, 0) is 105 Å². The molecule has 1 spiro atoms. The average molecular weight is 793 g/mol. The van der Waals surface area contributed by atoms with E-state index in [-0.39, 0.29) is 24.8 Å². The summed E-state index contributed by atoms with van der Waals surface area (Å²) in [5.41, 5.74) is 10.8. The van der Waals surface area contributed by atoms with Crippen molar-refractivity contribution in [2.45, 2.75) is 62.7 Å². The van der Waals surface area contributed by atoms with Gasteiger partial charge < -0.3 is 15.4 Å². The Labute approximate surface area is 340 Å². The molecular weight excluding hydrogens is 749 g/mol. The first-order valence-electron chi connectivity index (χ1n) is 20.6. The summed E-state index contributed by atoms with van der Waals surface area (Å²) >= 11 is 0. The van der Waals surface area contributed by atoms with E-state index in [9.17, 15) is 19.2 Å². The molecule has 3 aromatic carbocycles. The molecule has 5 aromatic rings. The third-order valence-electron chi connectivity index (χ3n) is 13.7. The number of carbonyl (C=O) groups excluding carboxylic acids is 4. The van der Waals surface area contributed by atoms with Crippen molar-refractivity contribution in [3.8, 4) is 22.8 Å². The molecule has 15 nitrogen and oxygen atoms in total. The van der Waals surface area contributed by atoms with E-state index in [1.54, 1.807) is 12.1 Å². The summed E-state index contributed by atoms with van der Waals surface area (Å²) in [6.45, 7) is 6.07. The van der Waals surface area contributed by atoms with Crippen molar-refractivity contribution in [3.63, 3.8) is 0 Å². The predicted octanol–water partition coefficient (Wildman–Crippen LogP) is 4.26. The van der Waals surface area contributed by atoms with Gasteiger partial charge in [0.2, 0.25) is 11.8 Å². The van der Waals surface area contributed by atoms with E-state index < -0.39 is 23.8 Å². The Kier molecular flexibility index (Phi) is 8.34. The summed E-state index contributed by atoms with van der Waals surface area (Å²) in [6, 6.07) is 23.4. The van der Waals surface area contributed by atoms with Gasteiger partial charge in [0, 0.05) is 55.9 Å². The van der Waals surface area contributed by atoms with Crippen molar-refractivity contribution < 1.29 is 23.9 Å². The van der Waals surface area contributed by atoms with E-state index >= 15 is 0 Å². The zero-order valence-electron chi connectivity index (χ0n) is 32.5. The van der Waals surface area contributed by atoms with E-state index in [0.29, 0.717) is 34.4 Å². The number of hydrogen-bond acceptors (Lipinski definition) is 12. The number of para-hydroxylation sites is 1. The van der Waals surface area contributed by atoms with Crippen LogP contribution in [-0.4, -0.2) is 115 Å². The monoisotopic (exact) mass is 792 g/mol. The molecule has 5 aliphatic heterocycles. The van der Waals surface area contributed by atoms with Gasteiger partial charge in [-0.15, -0.1) is 0 Å². The summed E-state index contributed by atoms with van der Waals surface area (Å²) in [7, 11) is 0. The molecule has 6 aliphatic rings. The van der Waals surface area contributed by atoms with Crippen LogP contribution in [0.2, 0.25) is 0 Å². The van der Waals surface area contributed by atoms with Gasteiger partial charge in [0.05, 0.1) is 22.6 Å². The fourth-order valence-electron chi connectivity index (χ4n) is 10.2. The minimum absolute atomic E-state index is 0.101. The zero-order valence-corrected chi connectivity index (χ0v) is 32.5. The van der Waals surface area contributed by atoms with Gasteiger partial charge in [0.25, 0.3) is 11.8 Å². The Morgan fingerprint density at radius 3 is 2.22 bits per heavy atom. The number of nitrogen functional groups attached to an aromatic ring is 1. The lowest BCUT2D eigenvalue weighted by Crippen LogP contribution is -2.70. The maximum atomic E-state index is 13.3. The second kappa shape index (κ2) is 13.7. The Bertz CT molecular complexity index is 2510. The first kappa shape index (κ1) is 35.9. The van der Waals surface area contributed by atoms with Crippen LogP contribution < -0.4 is 20.7 Å². The second-order valence-corrected chi connectivity index (χ2v) is 17.1. The van der Waals surface area contributed by atoms with Gasteiger partial charge in [0.1, 0.15) is 35.4 Å². The minimum atomic E-state index is -0.961. The summed E-state index contributed by atoms with van der Waals surface area (Å²) < 4.78 is 8.11. The molecule has 0 bridgehead atoms. The second-order valence-electron chi connectivity index (χ2n) is 17.1. The van der Waals surface area contributed by atoms with Crippen LogP contribution in [0.5, 0.6) is 11.5 Å². The van der Waals surface area contributed by atoms with Crippen LogP contribution in [0.3, 0.4) is 0 Å². The van der Waals surface area contributed by atoms with Crippen molar-refractivity contribution in [3.05, 3.63) is 90.3 Å². The number of nitrogens with one attached hydrogen (secondary N) is 1. The Morgan fingerprint density at radius 1 is 0.763 bits per heavy atom. The summed E-state index contributed by atoms with van der Waals surface area (Å²) in [6.07, 6.45) is 6.31. The lowest BCUT2D eigenvalue weighted by atomic mass is 9.60. The maximum absolute atomic E-state index is 13.3. The van der Waals surface area contributed by atoms with Gasteiger partial charge in [0.15, 0.2) is 5.65 Å². The Balaban J connectivity index is 0.673. The number of carbonyl (C=O) groups is 4. The first-order valence-corrected chi connectivity index (χ1v) is 20.6. The van der Waals surface area contributed by atoms with E-state index in [1.165, 1.54) is 19.2 Å². The Hall–Kier alpha value is -6.19. The molecule has 1 unspecified atom stereocenters.